The van der Waals surface area contributed by atoms with Crippen molar-refractivity contribution >= 4 is 95.0 Å². The van der Waals surface area contributed by atoms with E-state index in [9.17, 15) is 29.4 Å². The molecule has 2 heterocycles. The van der Waals surface area contributed by atoms with Crippen LogP contribution < -0.4 is 20.1 Å². The van der Waals surface area contributed by atoms with Gasteiger partial charge >= 0.3 is 11.9 Å². The van der Waals surface area contributed by atoms with Gasteiger partial charge in [0.2, 0.25) is 0 Å². The molecule has 452 valence electrons. The highest BCUT2D eigenvalue weighted by Gasteiger charge is 2.45. The summed E-state index contributed by atoms with van der Waals surface area (Å²) < 4.78 is 22.8. The number of carboxylic acid groups (broad SMARTS) is 2. The van der Waals surface area contributed by atoms with Gasteiger partial charge in [-0.2, -0.15) is 0 Å². The molecule has 22 heteroatoms. The number of carbonyl (C=O) groups excluding carboxylic acids is 2. The highest BCUT2D eigenvalue weighted by atomic mass is 35.5. The molecule has 4 aromatic carbocycles. The van der Waals surface area contributed by atoms with Crippen molar-refractivity contribution in [2.75, 3.05) is 68.7 Å². The fraction of sp³-hybridized carbons (Fsp3) is 0.387. The average Bonchev–Trinajstić information content (AvgIpc) is 3.07. The van der Waals surface area contributed by atoms with Gasteiger partial charge in [0.25, 0.3) is 11.8 Å². The van der Waals surface area contributed by atoms with Crippen molar-refractivity contribution in [1.82, 2.24) is 30.4 Å². The molecule has 8 rings (SSSR count). The van der Waals surface area contributed by atoms with Gasteiger partial charge in [-0.1, -0.05) is 94.9 Å². The number of aliphatic carboxylic acids is 2. The van der Waals surface area contributed by atoms with E-state index in [-0.39, 0.29) is 74.1 Å². The Labute approximate surface area is 523 Å². The molecular formula is C62H72Cl6N6O10. The number of carboxylic acids is 2. The van der Waals surface area contributed by atoms with Gasteiger partial charge in [-0.3, -0.25) is 9.59 Å². The molecule has 0 spiro atoms. The summed E-state index contributed by atoms with van der Waals surface area (Å²) in [4.78, 5) is 65.2. The van der Waals surface area contributed by atoms with E-state index in [4.69, 9.17) is 75.3 Å². The van der Waals surface area contributed by atoms with E-state index in [1.165, 1.54) is 0 Å². The molecule has 0 bridgehead atoms. The third kappa shape index (κ3) is 17.7. The lowest BCUT2D eigenvalue weighted by Gasteiger charge is -2.36. The number of halogens is 6. The van der Waals surface area contributed by atoms with Crippen LogP contribution >= 0.6 is 71.2 Å². The second-order valence-electron chi connectivity index (χ2n) is 21.0. The van der Waals surface area contributed by atoms with Gasteiger partial charge in [-0.15, -0.1) is 24.8 Å². The number of carbonyl (C=O) groups is 4. The number of hydrogen-bond donors (Lipinski definition) is 4. The zero-order valence-corrected chi connectivity index (χ0v) is 52.4. The Bertz CT molecular complexity index is 3000. The van der Waals surface area contributed by atoms with E-state index in [1.807, 2.05) is 76.7 Å². The summed E-state index contributed by atoms with van der Waals surface area (Å²) in [6.45, 7) is 2.71. The SMILES string of the molecule is COC1CCC(NC(=O)c2ccc(-c3ccccc3Cl)c(-c3ccc(Cl)c(OCCCN(C)C)c3)n2)(C(=O)O)CC1.COC1CCC(NC(=O)c2ccc(-c3ccccc3Cl)c(-c3ccc(Cl)c(OCCCN(C)C)c3)n2)(C(=O)O)CC1.Cl.Cl. The first-order chi connectivity index (χ1) is 39.3. The van der Waals surface area contributed by atoms with E-state index >= 15 is 0 Å². The standard InChI is InChI=1S/2C31H35Cl2N3O5.2ClH/c2*1-36(2)17-6-18-41-27-19-20(9-11-25(27)33)28-23(22-7-4-5-8-24(22)32)10-12-26(34-28)29(37)35-31(30(38)39)15-13-21(40-3)14-16-31;;/h2*4-5,7-12,19,21H,6,13-18H2,1-3H3,(H,35,37)(H,38,39);2*1H. The van der Waals surface area contributed by atoms with Gasteiger partial charge in [-0.05, 0) is 153 Å². The van der Waals surface area contributed by atoms with E-state index < -0.39 is 34.8 Å². The van der Waals surface area contributed by atoms with E-state index in [2.05, 4.69) is 20.4 Å². The van der Waals surface area contributed by atoms with Gasteiger partial charge in [0.15, 0.2) is 0 Å². The maximum absolute atomic E-state index is 13.5. The second-order valence-corrected chi connectivity index (χ2v) is 22.6. The molecule has 2 aliphatic carbocycles. The van der Waals surface area contributed by atoms with Crippen molar-refractivity contribution in [3.8, 4) is 56.3 Å². The number of ether oxygens (including phenoxy) is 4. The first-order valence-corrected chi connectivity index (χ1v) is 28.6. The zero-order valence-electron chi connectivity index (χ0n) is 47.7. The van der Waals surface area contributed by atoms with Crippen LogP contribution in [0, 0.1) is 0 Å². The monoisotopic (exact) mass is 1270 g/mol. The average molecular weight is 1270 g/mol. The molecule has 2 saturated carbocycles. The van der Waals surface area contributed by atoms with E-state index in [0.29, 0.717) is 104 Å². The minimum atomic E-state index is -1.39. The summed E-state index contributed by atoms with van der Waals surface area (Å²) >= 11 is 26.0. The van der Waals surface area contributed by atoms with Gasteiger partial charge < -0.3 is 49.6 Å². The molecule has 0 aliphatic heterocycles. The molecule has 2 aliphatic rings. The number of hydrogen-bond acceptors (Lipinski definition) is 12. The Morgan fingerprint density at radius 2 is 0.881 bits per heavy atom. The summed E-state index contributed by atoms with van der Waals surface area (Å²) in [6.07, 6.45) is 4.81. The third-order valence-electron chi connectivity index (χ3n) is 14.8. The minimum Gasteiger partial charge on any atom is -0.492 e. The smallest absolute Gasteiger partial charge is 0.329 e. The van der Waals surface area contributed by atoms with E-state index in [0.717, 1.165) is 37.1 Å². The first-order valence-electron chi connectivity index (χ1n) is 27.1. The number of rotatable bonds is 22. The molecule has 0 atom stereocenters. The molecular weight excluding hydrogens is 1200 g/mol. The van der Waals surface area contributed by atoms with Crippen molar-refractivity contribution < 1.29 is 48.3 Å². The van der Waals surface area contributed by atoms with Crippen LogP contribution in [-0.2, 0) is 19.1 Å². The lowest BCUT2D eigenvalue weighted by atomic mass is 9.80. The summed E-state index contributed by atoms with van der Waals surface area (Å²) in [5.41, 5.74) is 2.66. The number of nitrogens with zero attached hydrogens (tertiary/aromatic N) is 4. The molecule has 2 aromatic heterocycles. The van der Waals surface area contributed by atoms with Crippen molar-refractivity contribution in [3.05, 3.63) is 141 Å². The highest BCUT2D eigenvalue weighted by Crippen LogP contribution is 2.41. The predicted molar refractivity (Wildman–Crippen MR) is 336 cm³/mol. The van der Waals surface area contributed by atoms with Gasteiger partial charge in [0.05, 0.1) is 46.9 Å². The quantitative estimate of drug-likeness (QED) is 0.0468. The van der Waals surface area contributed by atoms with Crippen molar-refractivity contribution in [2.45, 2.75) is 87.5 Å². The van der Waals surface area contributed by atoms with Crippen LogP contribution in [0.15, 0.2) is 109 Å². The number of nitrogens with one attached hydrogen (secondary N) is 2. The summed E-state index contributed by atoms with van der Waals surface area (Å²) in [7, 11) is 11.2. The minimum absolute atomic E-state index is 0. The number of methoxy groups -OCH3 is 2. The van der Waals surface area contributed by atoms with Crippen LogP contribution in [0.25, 0.3) is 44.8 Å². The molecule has 6 aromatic rings. The van der Waals surface area contributed by atoms with Crippen molar-refractivity contribution in [2.24, 2.45) is 0 Å². The lowest BCUT2D eigenvalue weighted by Crippen LogP contribution is -2.57. The fourth-order valence-corrected chi connectivity index (χ4v) is 10.9. The molecule has 2 amide bonds. The molecule has 84 heavy (non-hydrogen) atoms. The topological polar surface area (TPSA) is 202 Å². The van der Waals surface area contributed by atoms with E-state index in [1.54, 1.807) is 74.9 Å². The van der Waals surface area contributed by atoms with Crippen LogP contribution in [0.1, 0.15) is 85.2 Å². The normalized spacial score (nSPS) is 18.3. The van der Waals surface area contributed by atoms with Crippen LogP contribution in [0.5, 0.6) is 11.5 Å². The molecule has 4 N–H and O–H groups in total. The third-order valence-corrected chi connectivity index (χ3v) is 16.1. The summed E-state index contributed by atoms with van der Waals surface area (Å²) in [5, 5.41) is 27.6. The van der Waals surface area contributed by atoms with Crippen LogP contribution in [0.4, 0.5) is 0 Å². The predicted octanol–water partition coefficient (Wildman–Crippen LogP) is 13.2. The largest absolute Gasteiger partial charge is 0.492 e. The maximum atomic E-state index is 13.5. The number of amides is 2. The second kappa shape index (κ2) is 32.1. The Balaban J connectivity index is 0.000000300. The molecule has 16 nitrogen and oxygen atoms in total. The highest BCUT2D eigenvalue weighted by molar-refractivity contribution is 6.34. The molecule has 2 fully saturated rings. The van der Waals surface area contributed by atoms with Crippen LogP contribution in [-0.4, -0.2) is 146 Å². The first kappa shape index (κ1) is 69.0. The van der Waals surface area contributed by atoms with Crippen LogP contribution in [0.2, 0.25) is 20.1 Å². The molecule has 0 unspecified atom stereocenters. The van der Waals surface area contributed by atoms with Crippen molar-refractivity contribution in [3.63, 3.8) is 0 Å². The molecule has 0 radical (unpaired) electrons. The zero-order chi connectivity index (χ0) is 59.1. The summed E-state index contributed by atoms with van der Waals surface area (Å²) in [6, 6.07) is 32.2. The Hall–Kier alpha value is -5.76. The van der Waals surface area contributed by atoms with Gasteiger partial charge in [-0.25, -0.2) is 19.6 Å². The lowest BCUT2D eigenvalue weighted by molar-refractivity contribution is -0.148. The van der Waals surface area contributed by atoms with Crippen molar-refractivity contribution in [1.29, 1.82) is 0 Å². The number of benzene rings is 4. The summed E-state index contributed by atoms with van der Waals surface area (Å²) in [5.74, 6) is -2.26. The Morgan fingerprint density at radius 3 is 1.20 bits per heavy atom. The molecule has 0 saturated heterocycles. The number of pyridine rings is 2. The Kier molecular flexibility index (Phi) is 26.4. The Morgan fingerprint density at radius 1 is 0.524 bits per heavy atom. The maximum Gasteiger partial charge on any atom is 0.329 e. The van der Waals surface area contributed by atoms with Crippen LogP contribution in [0.3, 0.4) is 0 Å². The number of aromatic nitrogens is 2. The fourth-order valence-electron chi connectivity index (χ4n) is 10.0. The van der Waals surface area contributed by atoms with Gasteiger partial charge in [0.1, 0.15) is 34.0 Å². The van der Waals surface area contributed by atoms with Gasteiger partial charge in [0, 0.05) is 70.7 Å².